The van der Waals surface area contributed by atoms with Gasteiger partial charge >= 0.3 is 0 Å². The molecule has 212 valence electrons. The number of hydrogen-bond donors (Lipinski definition) is 1. The Morgan fingerprint density at radius 1 is 1.08 bits per heavy atom. The maximum Gasteiger partial charge on any atom is 0.135 e. The van der Waals surface area contributed by atoms with E-state index in [2.05, 4.69) is 22.0 Å². The number of nitrogens with two attached hydrogens (primary N) is 1. The Balaban J connectivity index is 1.40. The molecule has 2 fully saturated rings. The number of fused-ring (bicyclic) bond motifs is 1. The van der Waals surface area contributed by atoms with Crippen LogP contribution in [0, 0.1) is 5.92 Å². The van der Waals surface area contributed by atoms with Gasteiger partial charge in [-0.05, 0) is 85.2 Å². The molecule has 2 aromatic rings. The van der Waals surface area contributed by atoms with Crippen LogP contribution in [-0.2, 0) is 19.0 Å². The average Bonchev–Trinajstić information content (AvgIpc) is 3.38. The van der Waals surface area contributed by atoms with E-state index in [0.29, 0.717) is 42.2 Å². The van der Waals surface area contributed by atoms with E-state index >= 15 is 4.21 Å². The Morgan fingerprint density at radius 2 is 1.79 bits per heavy atom. The topological polar surface area (TPSA) is 117 Å². The fourth-order valence-corrected chi connectivity index (χ4v) is 9.23. The van der Waals surface area contributed by atoms with E-state index in [9.17, 15) is 0 Å². The number of para-hydroxylation sites is 1. The molecule has 0 saturated heterocycles. The van der Waals surface area contributed by atoms with E-state index in [0.717, 1.165) is 49.6 Å². The molecule has 0 atom stereocenters. The number of allylic oxidation sites excluding steroid dienone is 1. The minimum atomic E-state index is -3.50. The van der Waals surface area contributed by atoms with E-state index in [-0.39, 0.29) is 12.6 Å². The zero-order valence-corrected chi connectivity index (χ0v) is 23.8. The predicted octanol–water partition coefficient (Wildman–Crippen LogP) is 5.58. The lowest BCUT2D eigenvalue weighted by Crippen LogP contribution is -2.50. The highest BCUT2D eigenvalue weighted by molar-refractivity contribution is 8.18. The lowest BCUT2D eigenvalue weighted by molar-refractivity contribution is -0.259. The third-order valence-electron chi connectivity index (χ3n) is 8.03. The van der Waals surface area contributed by atoms with Crippen LogP contribution in [0.25, 0.3) is 11.0 Å². The van der Waals surface area contributed by atoms with Gasteiger partial charge in [0.15, 0.2) is 0 Å². The maximum absolute atomic E-state index is 15.0. The molecule has 1 heterocycles. The van der Waals surface area contributed by atoms with Gasteiger partial charge in [0.25, 0.3) is 0 Å². The van der Waals surface area contributed by atoms with Crippen molar-refractivity contribution in [2.75, 3.05) is 30.9 Å². The summed E-state index contributed by atoms with van der Waals surface area (Å²) in [6.45, 7) is 4.73. The third-order valence-corrected chi connectivity index (χ3v) is 11.8. The van der Waals surface area contributed by atoms with E-state index in [1.165, 1.54) is 32.1 Å². The number of azo groups is 1. The van der Waals surface area contributed by atoms with Gasteiger partial charge in [-0.1, -0.05) is 43.2 Å². The Labute approximate surface area is 227 Å². The second-order valence-electron chi connectivity index (χ2n) is 11.4. The molecule has 2 N–H and O–H groups in total. The molecule has 0 bridgehead atoms. The summed E-state index contributed by atoms with van der Waals surface area (Å²) in [6.07, 6.45) is 14.5. The number of unbranched alkanes of at least 4 members (excludes halogenated alkanes) is 1. The number of aromatic nitrogens is 3. The fourth-order valence-electron chi connectivity index (χ4n) is 5.77. The zero-order valence-electron chi connectivity index (χ0n) is 23.0. The molecule has 2 aliphatic rings. The summed E-state index contributed by atoms with van der Waals surface area (Å²) < 4.78 is 16.7. The Bertz CT molecular complexity index is 1140. The molecule has 10 heteroatoms. The van der Waals surface area contributed by atoms with Gasteiger partial charge in [-0.15, -0.1) is 5.10 Å². The highest BCUT2D eigenvalue weighted by Gasteiger charge is 2.40. The van der Waals surface area contributed by atoms with Gasteiger partial charge in [0.2, 0.25) is 0 Å². The first-order valence-electron chi connectivity index (χ1n) is 14.4. The van der Waals surface area contributed by atoms with Gasteiger partial charge in [0.05, 0.1) is 12.1 Å². The molecule has 4 rings (SSSR count). The van der Waals surface area contributed by atoms with Crippen LogP contribution >= 0.6 is 0 Å². The van der Waals surface area contributed by atoms with E-state index in [1.54, 1.807) is 4.09 Å². The van der Waals surface area contributed by atoms with Crippen LogP contribution in [-0.4, -0.2) is 61.6 Å². The first-order valence-corrected chi connectivity index (χ1v) is 17.0. The number of rotatable bonds is 14. The van der Waals surface area contributed by atoms with Crippen LogP contribution < -0.4 is 5.73 Å². The maximum atomic E-state index is 15.0. The second kappa shape index (κ2) is 13.3. The molecule has 1 aromatic carbocycles. The quantitative estimate of drug-likeness (QED) is 0.109. The predicted molar refractivity (Wildman–Crippen MR) is 153 cm³/mol. The smallest absolute Gasteiger partial charge is 0.135 e. The Morgan fingerprint density at radius 3 is 2.53 bits per heavy atom. The van der Waals surface area contributed by atoms with Crippen molar-refractivity contribution in [3.8, 4) is 0 Å². The van der Waals surface area contributed by atoms with Crippen LogP contribution in [0.1, 0.15) is 77.0 Å². The molecule has 0 amide bonds. The molecule has 1 aromatic heterocycles. The van der Waals surface area contributed by atoms with Crippen molar-refractivity contribution >= 4 is 20.3 Å². The second-order valence-corrected chi connectivity index (χ2v) is 15.9. The Hall–Kier alpha value is -2.17. The van der Waals surface area contributed by atoms with Crippen LogP contribution in [0.4, 0.5) is 0 Å². The molecule has 0 unspecified atom stereocenters. The van der Waals surface area contributed by atoms with Crippen molar-refractivity contribution in [2.45, 2.75) is 89.1 Å². The lowest BCUT2D eigenvalue weighted by Gasteiger charge is -2.42. The highest BCUT2D eigenvalue weighted by atomic mass is 32.3. The first kappa shape index (κ1) is 28.8. The van der Waals surface area contributed by atoms with Crippen molar-refractivity contribution in [3.05, 3.63) is 36.6 Å². The molecule has 0 aliphatic heterocycles. The van der Waals surface area contributed by atoms with Gasteiger partial charge in [0, 0.05) is 24.2 Å². The van der Waals surface area contributed by atoms with Gasteiger partial charge in [-0.3, -0.25) is 4.21 Å². The lowest BCUT2D eigenvalue weighted by atomic mass is 9.88. The summed E-state index contributed by atoms with van der Waals surface area (Å²) in [5.74, 6) is 1.71. The van der Waals surface area contributed by atoms with Crippen LogP contribution in [0.15, 0.2) is 46.8 Å². The minimum Gasteiger partial charge on any atom is -0.343 e. The molecule has 38 heavy (non-hydrogen) atoms. The highest BCUT2D eigenvalue weighted by Crippen LogP contribution is 2.36. The molecule has 0 spiro atoms. The summed E-state index contributed by atoms with van der Waals surface area (Å²) >= 11 is 0. The van der Waals surface area contributed by atoms with Crippen molar-refractivity contribution in [1.29, 1.82) is 0 Å². The van der Waals surface area contributed by atoms with Crippen molar-refractivity contribution in [1.82, 2.24) is 14.4 Å². The largest absolute Gasteiger partial charge is 0.343 e. The van der Waals surface area contributed by atoms with Crippen molar-refractivity contribution in [2.24, 2.45) is 21.9 Å². The molecule has 2 saturated carbocycles. The summed E-state index contributed by atoms with van der Waals surface area (Å²) in [4.78, 5) is 10.9. The normalized spacial score (nSPS) is 22.4. The summed E-state index contributed by atoms with van der Waals surface area (Å²) in [6, 6.07) is 8.40. The van der Waals surface area contributed by atoms with Gasteiger partial charge < -0.3 is 10.6 Å². The number of nitrogens with zero attached hydrogens (tertiary/aromatic N) is 5. The third kappa shape index (κ3) is 7.70. The minimum absolute atomic E-state index is 0.177. The van der Waals surface area contributed by atoms with E-state index in [1.807, 2.05) is 30.5 Å². The molecular weight excluding hydrogens is 500 g/mol. The molecular formula is C28H46N6O3S. The van der Waals surface area contributed by atoms with Crippen molar-refractivity contribution < 1.29 is 14.0 Å². The summed E-state index contributed by atoms with van der Waals surface area (Å²) in [5, 5.41) is 18.1. The van der Waals surface area contributed by atoms with Crippen LogP contribution in [0.5, 0.6) is 0 Å². The van der Waals surface area contributed by atoms with Gasteiger partial charge in [-0.2, -0.15) is 19.2 Å². The summed E-state index contributed by atoms with van der Waals surface area (Å²) in [7, 11) is -3.50. The van der Waals surface area contributed by atoms with Gasteiger partial charge in [-0.25, -0.2) is 0 Å². The van der Waals surface area contributed by atoms with E-state index < -0.39 is 9.25 Å². The standard InChI is InChI=1S/C28H46N6O3S/c1-23(10-8-9-19-29)37-36-20-21-38(2,35,34-28-14-7-6-13-27(28)32-33-34)22-24-15-17-26(18-16-24)31-30-25-11-4-3-5-12-25/h6-7,13-14,24-26H,1,3-5,8-12,15-22,29H2,2H3. The molecule has 2 aliphatic carbocycles. The fraction of sp³-hybridized carbons (Fsp3) is 0.714. The number of hydrogen-bond acceptors (Lipinski definition) is 8. The van der Waals surface area contributed by atoms with E-state index in [4.69, 9.17) is 20.6 Å². The summed E-state index contributed by atoms with van der Waals surface area (Å²) in [5.41, 5.74) is 7.09. The SMILES string of the molecule is C=C(CCCCN)OOCCS(C)(=O)(CC1CCC(N=NC2CCCCC2)CC1)n1nnc2ccccc21. The monoisotopic (exact) mass is 546 g/mol. The Kier molecular flexibility index (Phi) is 10.1. The van der Waals surface area contributed by atoms with Crippen LogP contribution in [0.2, 0.25) is 0 Å². The van der Waals surface area contributed by atoms with Crippen molar-refractivity contribution in [3.63, 3.8) is 0 Å². The average molecular weight is 547 g/mol. The van der Waals surface area contributed by atoms with Crippen LogP contribution in [0.3, 0.4) is 0 Å². The van der Waals surface area contributed by atoms with Gasteiger partial charge in [0.1, 0.15) is 23.4 Å². The first-order chi connectivity index (χ1) is 18.4. The molecule has 0 radical (unpaired) electrons. The zero-order chi connectivity index (χ0) is 26.9. The number of benzene rings is 1. The molecule has 9 nitrogen and oxygen atoms in total.